The number of hydrogen-bond donors (Lipinski definition) is 0. The van der Waals surface area contributed by atoms with Gasteiger partial charge < -0.3 is 19.3 Å². The SMILES string of the molecule is CN1CCN(C(=O)CN2C(=O)COc3ccc(C(=O)COc4ccc(Cl)cc4F)cc32)CC1. The van der Waals surface area contributed by atoms with Crippen LogP contribution in [0.5, 0.6) is 11.5 Å². The van der Waals surface area contributed by atoms with E-state index in [1.807, 2.05) is 7.05 Å². The highest BCUT2D eigenvalue weighted by molar-refractivity contribution is 6.30. The van der Waals surface area contributed by atoms with Crippen LogP contribution < -0.4 is 14.4 Å². The van der Waals surface area contributed by atoms with Crippen molar-refractivity contribution in [2.75, 3.05) is 57.9 Å². The van der Waals surface area contributed by atoms with E-state index in [0.717, 1.165) is 19.2 Å². The van der Waals surface area contributed by atoms with Crippen LogP contribution >= 0.6 is 11.6 Å². The summed E-state index contributed by atoms with van der Waals surface area (Å²) in [6.45, 7) is 2.00. The van der Waals surface area contributed by atoms with Crippen LogP contribution in [0, 0.1) is 5.82 Å². The molecule has 0 aliphatic carbocycles. The summed E-state index contributed by atoms with van der Waals surface area (Å²) in [4.78, 5) is 43.2. The summed E-state index contributed by atoms with van der Waals surface area (Å²) in [5.74, 6) is -1.31. The maximum atomic E-state index is 13.9. The van der Waals surface area contributed by atoms with E-state index in [4.69, 9.17) is 21.1 Å². The second-order valence-electron chi connectivity index (χ2n) is 7.92. The Morgan fingerprint density at radius 3 is 2.61 bits per heavy atom. The fourth-order valence-corrected chi connectivity index (χ4v) is 3.82. The number of halogens is 2. The van der Waals surface area contributed by atoms with Crippen molar-refractivity contribution in [1.29, 1.82) is 0 Å². The number of rotatable bonds is 6. The van der Waals surface area contributed by atoms with E-state index in [-0.39, 0.29) is 41.3 Å². The number of nitrogens with zero attached hydrogens (tertiary/aromatic N) is 3. The van der Waals surface area contributed by atoms with Gasteiger partial charge in [0.05, 0.1) is 5.69 Å². The molecule has 0 saturated carbocycles. The highest BCUT2D eigenvalue weighted by Crippen LogP contribution is 2.33. The number of carbonyl (C=O) groups excluding carboxylic acids is 3. The van der Waals surface area contributed by atoms with E-state index < -0.39 is 18.2 Å². The summed E-state index contributed by atoms with van der Waals surface area (Å²) in [5, 5.41) is 0.219. The van der Waals surface area contributed by atoms with Gasteiger partial charge in [-0.1, -0.05) is 11.6 Å². The average Bonchev–Trinajstić information content (AvgIpc) is 2.80. The molecule has 2 aromatic rings. The van der Waals surface area contributed by atoms with Gasteiger partial charge in [0.25, 0.3) is 5.91 Å². The molecule has 1 saturated heterocycles. The Labute approximate surface area is 195 Å². The molecule has 0 unspecified atom stereocenters. The quantitative estimate of drug-likeness (QED) is 0.596. The molecule has 0 bridgehead atoms. The summed E-state index contributed by atoms with van der Waals surface area (Å²) >= 11 is 5.72. The number of benzene rings is 2. The van der Waals surface area contributed by atoms with E-state index in [2.05, 4.69) is 4.90 Å². The second-order valence-corrected chi connectivity index (χ2v) is 8.36. The minimum atomic E-state index is -0.673. The Morgan fingerprint density at radius 1 is 1.12 bits per heavy atom. The summed E-state index contributed by atoms with van der Waals surface area (Å²) < 4.78 is 24.7. The van der Waals surface area contributed by atoms with Crippen LogP contribution in [0.1, 0.15) is 10.4 Å². The van der Waals surface area contributed by atoms with Crippen molar-refractivity contribution >= 4 is 34.9 Å². The van der Waals surface area contributed by atoms with Crippen molar-refractivity contribution in [1.82, 2.24) is 9.80 Å². The summed E-state index contributed by atoms with van der Waals surface area (Å²) in [6.07, 6.45) is 0. The molecule has 174 valence electrons. The lowest BCUT2D eigenvalue weighted by molar-refractivity contribution is -0.133. The van der Waals surface area contributed by atoms with Gasteiger partial charge in [-0.2, -0.15) is 0 Å². The largest absolute Gasteiger partial charge is 0.482 e. The number of fused-ring (bicyclic) bond motifs is 1. The van der Waals surface area contributed by atoms with Crippen LogP contribution in [0.25, 0.3) is 0 Å². The van der Waals surface area contributed by atoms with Gasteiger partial charge in [0.1, 0.15) is 12.3 Å². The van der Waals surface area contributed by atoms with Gasteiger partial charge in [0, 0.05) is 36.8 Å². The van der Waals surface area contributed by atoms with E-state index in [1.54, 1.807) is 17.0 Å². The number of Topliss-reactive ketones (excluding diaryl/α,β-unsaturated/α-hetero) is 1. The van der Waals surface area contributed by atoms with E-state index in [1.165, 1.54) is 23.1 Å². The molecule has 2 aromatic carbocycles. The Bertz CT molecular complexity index is 1090. The van der Waals surface area contributed by atoms with Crippen molar-refractivity contribution in [3.8, 4) is 11.5 Å². The minimum Gasteiger partial charge on any atom is -0.482 e. The minimum absolute atomic E-state index is 0.0939. The number of ether oxygens (including phenoxy) is 2. The number of ketones is 1. The molecule has 10 heteroatoms. The van der Waals surface area contributed by atoms with E-state index >= 15 is 0 Å². The molecule has 0 N–H and O–H groups in total. The molecule has 0 spiro atoms. The number of piperazine rings is 1. The zero-order chi connectivity index (χ0) is 23.5. The van der Waals surface area contributed by atoms with Crippen LogP contribution in [-0.4, -0.2) is 80.4 Å². The second kappa shape index (κ2) is 9.76. The number of hydrogen-bond acceptors (Lipinski definition) is 6. The first kappa shape index (κ1) is 23.0. The Hall–Kier alpha value is -3.17. The zero-order valence-corrected chi connectivity index (χ0v) is 18.8. The van der Waals surface area contributed by atoms with Crippen LogP contribution in [0.3, 0.4) is 0 Å². The standard InChI is InChI=1S/C23H23ClFN3O5/c1-26-6-8-27(9-7-26)22(30)12-28-18-10-15(2-4-21(18)33-14-23(28)31)19(29)13-32-20-5-3-16(24)11-17(20)25/h2-5,10-11H,6-9,12-14H2,1H3. The molecule has 33 heavy (non-hydrogen) atoms. The third kappa shape index (κ3) is 5.26. The van der Waals surface area contributed by atoms with Gasteiger partial charge in [0.2, 0.25) is 5.91 Å². The lowest BCUT2D eigenvalue weighted by Crippen LogP contribution is -2.52. The van der Waals surface area contributed by atoms with Gasteiger partial charge in [-0.05, 0) is 43.4 Å². The Morgan fingerprint density at radius 2 is 1.88 bits per heavy atom. The molecule has 0 aromatic heterocycles. The average molecular weight is 476 g/mol. The first-order chi connectivity index (χ1) is 15.8. The molecule has 2 amide bonds. The maximum Gasteiger partial charge on any atom is 0.265 e. The van der Waals surface area contributed by atoms with Crippen LogP contribution in [0.15, 0.2) is 36.4 Å². The third-order valence-corrected chi connectivity index (χ3v) is 5.86. The summed E-state index contributed by atoms with van der Waals surface area (Å²) in [6, 6.07) is 8.51. The molecule has 4 rings (SSSR count). The smallest absolute Gasteiger partial charge is 0.265 e. The molecule has 2 aliphatic heterocycles. The number of amides is 2. The van der Waals surface area contributed by atoms with Gasteiger partial charge in [-0.25, -0.2) is 4.39 Å². The molecule has 2 heterocycles. The summed E-state index contributed by atoms with van der Waals surface area (Å²) in [7, 11) is 1.99. The molecule has 8 nitrogen and oxygen atoms in total. The van der Waals surface area contributed by atoms with Gasteiger partial charge >= 0.3 is 0 Å². The fourth-order valence-electron chi connectivity index (χ4n) is 3.66. The Kier molecular flexibility index (Phi) is 6.80. The van der Waals surface area contributed by atoms with Crippen molar-refractivity contribution in [2.24, 2.45) is 0 Å². The van der Waals surface area contributed by atoms with Crippen LogP contribution in [0.4, 0.5) is 10.1 Å². The van der Waals surface area contributed by atoms with Crippen molar-refractivity contribution in [2.45, 2.75) is 0 Å². The van der Waals surface area contributed by atoms with Gasteiger partial charge in [0.15, 0.2) is 30.6 Å². The molecular weight excluding hydrogens is 453 g/mol. The lowest BCUT2D eigenvalue weighted by Gasteiger charge is -2.35. The van der Waals surface area contributed by atoms with E-state index in [0.29, 0.717) is 24.5 Å². The van der Waals surface area contributed by atoms with Crippen molar-refractivity contribution in [3.63, 3.8) is 0 Å². The number of likely N-dealkylation sites (N-methyl/N-ethyl adjacent to an activating group) is 1. The highest BCUT2D eigenvalue weighted by Gasteiger charge is 2.30. The van der Waals surface area contributed by atoms with Crippen LogP contribution in [0.2, 0.25) is 5.02 Å². The predicted molar refractivity (Wildman–Crippen MR) is 120 cm³/mol. The van der Waals surface area contributed by atoms with Gasteiger partial charge in [-0.3, -0.25) is 19.3 Å². The first-order valence-corrected chi connectivity index (χ1v) is 10.8. The van der Waals surface area contributed by atoms with Gasteiger partial charge in [-0.15, -0.1) is 0 Å². The molecule has 2 aliphatic rings. The van der Waals surface area contributed by atoms with Crippen molar-refractivity contribution < 1.29 is 28.2 Å². The zero-order valence-electron chi connectivity index (χ0n) is 18.1. The topological polar surface area (TPSA) is 79.4 Å². The first-order valence-electron chi connectivity index (χ1n) is 10.5. The molecule has 0 atom stereocenters. The summed E-state index contributed by atoms with van der Waals surface area (Å²) in [5.41, 5.74) is 0.593. The van der Waals surface area contributed by atoms with Crippen molar-refractivity contribution in [3.05, 3.63) is 52.8 Å². The van der Waals surface area contributed by atoms with Crippen LogP contribution in [-0.2, 0) is 9.59 Å². The Balaban J connectivity index is 1.48. The number of anilines is 1. The lowest BCUT2D eigenvalue weighted by atomic mass is 10.1. The fraction of sp³-hybridized carbons (Fsp3) is 0.348. The highest BCUT2D eigenvalue weighted by atomic mass is 35.5. The number of carbonyl (C=O) groups is 3. The molecule has 1 fully saturated rings. The normalized spacial score (nSPS) is 16.3. The predicted octanol–water partition coefficient (Wildman–Crippen LogP) is 2.24. The molecular formula is C23H23ClFN3O5. The maximum absolute atomic E-state index is 13.9. The third-order valence-electron chi connectivity index (χ3n) is 5.63. The molecule has 0 radical (unpaired) electrons. The van der Waals surface area contributed by atoms with E-state index in [9.17, 15) is 18.8 Å². The monoisotopic (exact) mass is 475 g/mol.